The normalized spacial score (nSPS) is 26.2. The molecule has 2 unspecified atom stereocenters. The summed E-state index contributed by atoms with van der Waals surface area (Å²) in [6.45, 7) is 0. The Hall–Kier alpha value is -0.670. The molecule has 1 fully saturated rings. The summed E-state index contributed by atoms with van der Waals surface area (Å²) in [5.74, 6) is 0. The average molecular weight is 251 g/mol. The molecular weight excluding hydrogens is 230 g/mol. The van der Waals surface area contributed by atoms with Crippen molar-refractivity contribution in [1.82, 2.24) is 0 Å². The molecule has 0 bridgehead atoms. The van der Waals surface area contributed by atoms with E-state index >= 15 is 0 Å². The minimum atomic E-state index is -0.181. The minimum Gasteiger partial charge on any atom is -0.398 e. The fourth-order valence-electron chi connectivity index (χ4n) is 2.32. The highest BCUT2D eigenvalue weighted by Gasteiger charge is 2.22. The van der Waals surface area contributed by atoms with Gasteiger partial charge in [0.15, 0.2) is 0 Å². The zero-order valence-electron chi connectivity index (χ0n) is 10.1. The molecule has 3 N–H and O–H groups in total. The van der Waals surface area contributed by atoms with E-state index in [9.17, 15) is 5.11 Å². The van der Waals surface area contributed by atoms with Crippen LogP contribution in [0.5, 0.6) is 0 Å². The van der Waals surface area contributed by atoms with Gasteiger partial charge in [-0.1, -0.05) is 37.8 Å². The number of nitrogen functional groups attached to an aromatic ring is 1. The Balaban J connectivity index is 2.02. The molecule has 1 aliphatic rings. The number of benzene rings is 1. The fraction of sp³-hybridized carbons (Fsp3) is 0.571. The van der Waals surface area contributed by atoms with Gasteiger partial charge in [0, 0.05) is 15.8 Å². The predicted molar refractivity (Wildman–Crippen MR) is 74.2 cm³/mol. The summed E-state index contributed by atoms with van der Waals surface area (Å²) < 4.78 is 0. The highest BCUT2D eigenvalue weighted by molar-refractivity contribution is 8.00. The van der Waals surface area contributed by atoms with Crippen molar-refractivity contribution >= 4 is 17.4 Å². The Bertz CT molecular complexity index is 356. The van der Waals surface area contributed by atoms with Gasteiger partial charge >= 0.3 is 0 Å². The third-order valence-corrected chi connectivity index (χ3v) is 4.84. The largest absolute Gasteiger partial charge is 0.398 e. The number of nitrogens with two attached hydrogens (primary N) is 1. The number of hydrogen-bond acceptors (Lipinski definition) is 3. The molecule has 0 radical (unpaired) electrons. The van der Waals surface area contributed by atoms with Crippen molar-refractivity contribution in [2.75, 3.05) is 5.73 Å². The van der Waals surface area contributed by atoms with Gasteiger partial charge in [-0.2, -0.15) is 0 Å². The fourth-order valence-corrected chi connectivity index (χ4v) is 3.58. The Labute approximate surface area is 108 Å². The van der Waals surface area contributed by atoms with Gasteiger partial charge in [0.2, 0.25) is 0 Å². The Morgan fingerprint density at radius 1 is 1.06 bits per heavy atom. The first-order valence-electron chi connectivity index (χ1n) is 6.46. The number of para-hydroxylation sites is 1. The van der Waals surface area contributed by atoms with E-state index in [-0.39, 0.29) is 6.10 Å². The van der Waals surface area contributed by atoms with Crippen LogP contribution in [0, 0.1) is 0 Å². The van der Waals surface area contributed by atoms with E-state index < -0.39 is 0 Å². The molecule has 0 amide bonds. The highest BCUT2D eigenvalue weighted by Crippen LogP contribution is 2.35. The van der Waals surface area contributed by atoms with E-state index in [0.29, 0.717) is 5.25 Å². The first-order valence-corrected chi connectivity index (χ1v) is 7.34. The summed E-state index contributed by atoms with van der Waals surface area (Å²) in [6, 6.07) is 7.94. The summed E-state index contributed by atoms with van der Waals surface area (Å²) in [5, 5.41) is 10.5. The Kier molecular flexibility index (Phi) is 4.75. The lowest BCUT2D eigenvalue weighted by Crippen LogP contribution is -2.24. The van der Waals surface area contributed by atoms with Crippen molar-refractivity contribution in [3.8, 4) is 0 Å². The molecule has 94 valence electrons. The molecule has 2 nitrogen and oxygen atoms in total. The Morgan fingerprint density at radius 2 is 1.76 bits per heavy atom. The maximum atomic E-state index is 10.2. The zero-order valence-corrected chi connectivity index (χ0v) is 11.0. The number of aliphatic hydroxyl groups is 1. The maximum absolute atomic E-state index is 10.2. The van der Waals surface area contributed by atoms with Gasteiger partial charge in [0.1, 0.15) is 0 Å². The number of rotatable bonds is 2. The van der Waals surface area contributed by atoms with Gasteiger partial charge in [0.25, 0.3) is 0 Å². The lowest BCUT2D eigenvalue weighted by atomic mass is 9.98. The van der Waals surface area contributed by atoms with Crippen molar-refractivity contribution < 1.29 is 5.11 Å². The van der Waals surface area contributed by atoms with Crippen LogP contribution >= 0.6 is 11.8 Å². The molecule has 17 heavy (non-hydrogen) atoms. The van der Waals surface area contributed by atoms with Crippen molar-refractivity contribution in [1.29, 1.82) is 0 Å². The van der Waals surface area contributed by atoms with Crippen molar-refractivity contribution in [2.24, 2.45) is 0 Å². The van der Waals surface area contributed by atoms with E-state index in [4.69, 9.17) is 5.73 Å². The van der Waals surface area contributed by atoms with E-state index in [1.54, 1.807) is 11.8 Å². The second-order valence-electron chi connectivity index (χ2n) is 4.75. The van der Waals surface area contributed by atoms with E-state index in [2.05, 4.69) is 0 Å². The average Bonchev–Trinajstić information content (AvgIpc) is 2.31. The molecule has 0 spiro atoms. The summed E-state index contributed by atoms with van der Waals surface area (Å²) in [6.07, 6.45) is 6.80. The van der Waals surface area contributed by atoms with Crippen LogP contribution in [-0.4, -0.2) is 16.5 Å². The quantitative estimate of drug-likeness (QED) is 0.791. The second-order valence-corrected chi connectivity index (χ2v) is 6.03. The van der Waals surface area contributed by atoms with E-state index in [1.807, 2.05) is 24.3 Å². The number of hydrogen-bond donors (Lipinski definition) is 2. The van der Waals surface area contributed by atoms with Crippen LogP contribution in [-0.2, 0) is 0 Å². The standard InChI is InChI=1S/C14H21NOS/c15-11-7-5-6-9-13(11)17-14-10-4-2-1-3-8-12(14)16/h5-7,9,12,14,16H,1-4,8,10,15H2. The van der Waals surface area contributed by atoms with Crippen LogP contribution in [0.2, 0.25) is 0 Å². The molecule has 0 aliphatic heterocycles. The predicted octanol–water partition coefficient (Wildman–Crippen LogP) is 3.44. The lowest BCUT2D eigenvalue weighted by Gasteiger charge is -2.25. The third-order valence-electron chi connectivity index (χ3n) is 3.37. The summed E-state index contributed by atoms with van der Waals surface area (Å²) in [7, 11) is 0. The smallest absolute Gasteiger partial charge is 0.0662 e. The minimum absolute atomic E-state index is 0.181. The van der Waals surface area contributed by atoms with Crippen LogP contribution in [0.4, 0.5) is 5.69 Å². The van der Waals surface area contributed by atoms with Gasteiger partial charge in [-0.15, -0.1) is 11.8 Å². The molecule has 1 aliphatic carbocycles. The number of anilines is 1. The molecule has 1 aromatic carbocycles. The molecule has 0 heterocycles. The Morgan fingerprint density at radius 3 is 2.53 bits per heavy atom. The summed E-state index contributed by atoms with van der Waals surface area (Å²) in [5.41, 5.74) is 6.78. The molecule has 2 rings (SSSR count). The topological polar surface area (TPSA) is 46.2 Å². The van der Waals surface area contributed by atoms with Crippen LogP contribution < -0.4 is 5.73 Å². The van der Waals surface area contributed by atoms with Crippen molar-refractivity contribution in [2.45, 2.75) is 54.8 Å². The highest BCUT2D eigenvalue weighted by atomic mass is 32.2. The zero-order chi connectivity index (χ0) is 12.1. The van der Waals surface area contributed by atoms with E-state index in [0.717, 1.165) is 29.8 Å². The van der Waals surface area contributed by atoms with Crippen molar-refractivity contribution in [3.63, 3.8) is 0 Å². The van der Waals surface area contributed by atoms with Gasteiger partial charge < -0.3 is 10.8 Å². The maximum Gasteiger partial charge on any atom is 0.0662 e. The van der Waals surface area contributed by atoms with E-state index in [1.165, 1.54) is 19.3 Å². The summed E-state index contributed by atoms with van der Waals surface area (Å²) >= 11 is 1.75. The lowest BCUT2D eigenvalue weighted by molar-refractivity contribution is 0.148. The molecule has 1 aromatic rings. The molecular formula is C14H21NOS. The molecule has 1 saturated carbocycles. The second kappa shape index (κ2) is 6.31. The van der Waals surface area contributed by atoms with Gasteiger partial charge in [-0.25, -0.2) is 0 Å². The number of aliphatic hydroxyl groups excluding tert-OH is 1. The van der Waals surface area contributed by atoms with Crippen LogP contribution in [0.15, 0.2) is 29.2 Å². The first kappa shape index (κ1) is 12.8. The van der Waals surface area contributed by atoms with Crippen molar-refractivity contribution in [3.05, 3.63) is 24.3 Å². The van der Waals surface area contributed by atoms with Gasteiger partial charge in [-0.3, -0.25) is 0 Å². The van der Waals surface area contributed by atoms with Crippen LogP contribution in [0.3, 0.4) is 0 Å². The van der Waals surface area contributed by atoms with Gasteiger partial charge in [-0.05, 0) is 25.0 Å². The first-order chi connectivity index (χ1) is 8.27. The number of thioether (sulfide) groups is 1. The monoisotopic (exact) mass is 251 g/mol. The SMILES string of the molecule is Nc1ccccc1SC1CCCCCCC1O. The third kappa shape index (κ3) is 3.65. The molecule has 2 atom stereocenters. The molecule has 0 saturated heterocycles. The van der Waals surface area contributed by atoms with Crippen LogP contribution in [0.25, 0.3) is 0 Å². The molecule has 3 heteroatoms. The summed E-state index contributed by atoms with van der Waals surface area (Å²) in [4.78, 5) is 1.11. The molecule has 0 aromatic heterocycles. The van der Waals surface area contributed by atoms with Gasteiger partial charge in [0.05, 0.1) is 6.10 Å². The van der Waals surface area contributed by atoms with Crippen LogP contribution in [0.1, 0.15) is 38.5 Å².